The summed E-state index contributed by atoms with van der Waals surface area (Å²) in [5.74, 6) is -3.28. The van der Waals surface area contributed by atoms with E-state index in [0.717, 1.165) is 10.9 Å². The van der Waals surface area contributed by atoms with E-state index in [4.69, 9.17) is 4.74 Å². The van der Waals surface area contributed by atoms with E-state index < -0.39 is 18.4 Å². The van der Waals surface area contributed by atoms with Crippen LogP contribution in [0.1, 0.15) is 16.8 Å². The van der Waals surface area contributed by atoms with Gasteiger partial charge in [-0.25, -0.2) is 13.8 Å². The number of rotatable bonds is 4. The van der Waals surface area contributed by atoms with Gasteiger partial charge in [-0.05, 0) is 23.8 Å². The minimum Gasteiger partial charge on any atom is -0.466 e. The van der Waals surface area contributed by atoms with E-state index in [2.05, 4.69) is 10.1 Å². The van der Waals surface area contributed by atoms with Gasteiger partial charge in [-0.3, -0.25) is 9.48 Å². The van der Waals surface area contributed by atoms with E-state index in [1.54, 1.807) is 48.3 Å². The Hall–Kier alpha value is -3.81. The number of ether oxygens (including phenoxy) is 1. The summed E-state index contributed by atoms with van der Waals surface area (Å²) in [6.07, 6.45) is 1.52. The number of hydrogen-bond acceptors (Lipinski definition) is 4. The monoisotopic (exact) mass is 448 g/mol. The van der Waals surface area contributed by atoms with Crippen molar-refractivity contribution >= 4 is 16.8 Å². The Morgan fingerprint density at radius 2 is 1.88 bits per heavy atom. The van der Waals surface area contributed by atoms with Crippen LogP contribution in [0.5, 0.6) is 5.88 Å². The topological polar surface area (TPSA) is 60.2 Å². The van der Waals surface area contributed by atoms with Crippen molar-refractivity contribution in [3.63, 3.8) is 0 Å². The number of carbonyl (C=O) groups excluding carboxylic acids is 1. The number of para-hydroxylation sites is 1. The molecule has 0 bridgehead atoms. The lowest BCUT2D eigenvalue weighted by atomic mass is 9.98. The number of alkyl halides is 2. The zero-order valence-electron chi connectivity index (χ0n) is 18.0. The number of aryl methyl sites for hydroxylation is 1. The zero-order valence-corrected chi connectivity index (χ0v) is 18.0. The fourth-order valence-corrected chi connectivity index (χ4v) is 4.09. The van der Waals surface area contributed by atoms with Crippen molar-refractivity contribution in [2.45, 2.75) is 18.4 Å². The maximum atomic E-state index is 14.8. The third-order valence-electron chi connectivity index (χ3n) is 5.87. The molecule has 6 nitrogen and oxygen atoms in total. The van der Waals surface area contributed by atoms with Gasteiger partial charge in [-0.1, -0.05) is 36.4 Å². The van der Waals surface area contributed by atoms with Crippen LogP contribution >= 0.6 is 0 Å². The number of fused-ring (bicyclic) bond motifs is 1. The molecule has 0 radical (unpaired) electrons. The molecule has 2 aromatic heterocycles. The Labute approximate surface area is 189 Å². The molecule has 1 aliphatic heterocycles. The molecule has 8 heteroatoms. The smallest absolute Gasteiger partial charge is 0.287 e. The van der Waals surface area contributed by atoms with E-state index in [1.807, 2.05) is 36.5 Å². The summed E-state index contributed by atoms with van der Waals surface area (Å²) in [6, 6.07) is 17.9. The molecule has 3 heterocycles. The van der Waals surface area contributed by atoms with E-state index in [1.165, 1.54) is 4.90 Å². The minimum absolute atomic E-state index is 0.0573. The molecular weight excluding hydrogens is 426 g/mol. The average Bonchev–Trinajstić information content (AvgIpc) is 3.26. The van der Waals surface area contributed by atoms with Crippen molar-refractivity contribution in [1.29, 1.82) is 0 Å². The number of pyridine rings is 1. The summed E-state index contributed by atoms with van der Waals surface area (Å²) >= 11 is 0. The van der Waals surface area contributed by atoms with Gasteiger partial charge in [0.1, 0.15) is 0 Å². The Morgan fingerprint density at radius 3 is 2.70 bits per heavy atom. The largest absolute Gasteiger partial charge is 0.466 e. The third kappa shape index (κ3) is 4.16. The van der Waals surface area contributed by atoms with Crippen LogP contribution in [-0.4, -0.2) is 50.7 Å². The summed E-state index contributed by atoms with van der Waals surface area (Å²) in [6.45, 7) is -0.292. The molecule has 1 saturated heterocycles. The van der Waals surface area contributed by atoms with Crippen molar-refractivity contribution in [3.8, 4) is 17.0 Å². The number of aromatic nitrogens is 3. The van der Waals surface area contributed by atoms with Gasteiger partial charge in [0.25, 0.3) is 11.8 Å². The molecule has 0 saturated carbocycles. The second-order valence-electron chi connectivity index (χ2n) is 8.16. The first kappa shape index (κ1) is 21.1. The van der Waals surface area contributed by atoms with Crippen LogP contribution in [0, 0.1) is 0 Å². The van der Waals surface area contributed by atoms with Crippen LogP contribution in [-0.2, 0) is 7.05 Å². The normalized spacial score (nSPS) is 17.8. The molecule has 0 spiro atoms. The number of hydrogen-bond donors (Lipinski definition) is 0. The molecule has 1 fully saturated rings. The number of likely N-dealkylation sites (tertiary alicyclic amines) is 1. The molecule has 0 aliphatic carbocycles. The fourth-order valence-electron chi connectivity index (χ4n) is 4.09. The van der Waals surface area contributed by atoms with Gasteiger partial charge in [0, 0.05) is 48.8 Å². The molecule has 4 aromatic rings. The first-order chi connectivity index (χ1) is 15.9. The van der Waals surface area contributed by atoms with Crippen molar-refractivity contribution in [1.82, 2.24) is 19.7 Å². The van der Waals surface area contributed by atoms with Crippen LogP contribution in [0.15, 0.2) is 73.1 Å². The van der Waals surface area contributed by atoms with Gasteiger partial charge < -0.3 is 9.64 Å². The van der Waals surface area contributed by atoms with Crippen molar-refractivity contribution in [2.24, 2.45) is 7.05 Å². The van der Waals surface area contributed by atoms with Gasteiger partial charge in [-0.2, -0.15) is 5.10 Å². The third-order valence-corrected chi connectivity index (χ3v) is 5.87. The van der Waals surface area contributed by atoms with Crippen LogP contribution in [0.4, 0.5) is 8.78 Å². The van der Waals surface area contributed by atoms with E-state index in [9.17, 15) is 13.6 Å². The van der Waals surface area contributed by atoms with Crippen LogP contribution < -0.4 is 4.74 Å². The van der Waals surface area contributed by atoms with Gasteiger partial charge in [0.2, 0.25) is 5.88 Å². The lowest BCUT2D eigenvalue weighted by Gasteiger charge is -2.38. The fraction of sp³-hybridized carbons (Fsp3) is 0.240. The number of piperidine rings is 1. The highest BCUT2D eigenvalue weighted by Gasteiger charge is 2.47. The molecule has 2 aromatic carbocycles. The van der Waals surface area contributed by atoms with Gasteiger partial charge >= 0.3 is 0 Å². The summed E-state index contributed by atoms with van der Waals surface area (Å²) in [5.41, 5.74) is 2.60. The predicted octanol–water partition coefficient (Wildman–Crippen LogP) is 4.56. The molecule has 33 heavy (non-hydrogen) atoms. The molecule has 5 rings (SSSR count). The Morgan fingerprint density at radius 1 is 1.09 bits per heavy atom. The Balaban J connectivity index is 1.40. The lowest BCUT2D eigenvalue weighted by molar-refractivity contribution is -0.131. The Bertz CT molecular complexity index is 1320. The standard InChI is InChI=1S/C25H22F2N4O2/c1-30-15-18(14-28-30)19-7-3-4-8-20(19)24(32)31-13-12-25(26,27)22(16-31)33-23-11-10-17-6-2-5-9-21(17)29-23/h2-11,14-15,22H,12-13,16H2,1H3. The first-order valence-electron chi connectivity index (χ1n) is 10.7. The van der Waals surface area contributed by atoms with Crippen molar-refractivity contribution in [3.05, 3.63) is 78.6 Å². The predicted molar refractivity (Wildman–Crippen MR) is 120 cm³/mol. The van der Waals surface area contributed by atoms with E-state index in [0.29, 0.717) is 16.6 Å². The van der Waals surface area contributed by atoms with Crippen molar-refractivity contribution < 1.29 is 18.3 Å². The molecule has 1 unspecified atom stereocenters. The van der Waals surface area contributed by atoms with Crippen molar-refractivity contribution in [2.75, 3.05) is 13.1 Å². The summed E-state index contributed by atoms with van der Waals surface area (Å²) in [5, 5.41) is 5.06. The lowest BCUT2D eigenvalue weighted by Crippen LogP contribution is -2.55. The van der Waals surface area contributed by atoms with E-state index in [-0.39, 0.29) is 24.9 Å². The zero-order chi connectivity index (χ0) is 23.0. The van der Waals surface area contributed by atoms with Crippen LogP contribution in [0.2, 0.25) is 0 Å². The highest BCUT2D eigenvalue weighted by atomic mass is 19.3. The molecular formula is C25H22F2N4O2. The van der Waals surface area contributed by atoms with Crippen LogP contribution in [0.3, 0.4) is 0 Å². The number of benzene rings is 2. The molecule has 168 valence electrons. The molecule has 1 amide bonds. The Kier molecular flexibility index (Phi) is 5.28. The summed E-state index contributed by atoms with van der Waals surface area (Å²) < 4.78 is 36.8. The number of carbonyl (C=O) groups is 1. The highest BCUT2D eigenvalue weighted by molar-refractivity contribution is 6.00. The quantitative estimate of drug-likeness (QED) is 0.459. The van der Waals surface area contributed by atoms with E-state index >= 15 is 0 Å². The highest BCUT2D eigenvalue weighted by Crippen LogP contribution is 2.33. The molecule has 0 N–H and O–H groups in total. The summed E-state index contributed by atoms with van der Waals surface area (Å²) in [4.78, 5) is 19.1. The van der Waals surface area contributed by atoms with Gasteiger partial charge in [-0.15, -0.1) is 0 Å². The number of halogens is 2. The summed E-state index contributed by atoms with van der Waals surface area (Å²) in [7, 11) is 1.80. The first-order valence-corrected chi connectivity index (χ1v) is 10.7. The average molecular weight is 448 g/mol. The minimum atomic E-state index is -3.08. The van der Waals surface area contributed by atoms with Gasteiger partial charge in [0.15, 0.2) is 6.10 Å². The maximum absolute atomic E-state index is 14.8. The number of nitrogens with zero attached hydrogens (tertiary/aromatic N) is 4. The van der Waals surface area contributed by atoms with Gasteiger partial charge in [0.05, 0.1) is 18.3 Å². The maximum Gasteiger partial charge on any atom is 0.287 e. The molecule has 1 atom stereocenters. The second-order valence-corrected chi connectivity index (χ2v) is 8.16. The molecule has 1 aliphatic rings. The SMILES string of the molecule is Cn1cc(-c2ccccc2C(=O)N2CCC(F)(F)C(Oc3ccc4ccccc4n3)C2)cn1. The number of amides is 1. The second kappa shape index (κ2) is 8.27. The van der Waals surface area contributed by atoms with Crippen LogP contribution in [0.25, 0.3) is 22.0 Å².